The topological polar surface area (TPSA) is 46.5 Å². The summed E-state index contributed by atoms with van der Waals surface area (Å²) >= 11 is 1.68. The molecule has 1 heterocycles. The predicted molar refractivity (Wildman–Crippen MR) is 110 cm³/mol. The lowest BCUT2D eigenvalue weighted by atomic mass is 9.72. The van der Waals surface area contributed by atoms with Crippen molar-refractivity contribution in [2.45, 2.75) is 86.4 Å². The van der Waals surface area contributed by atoms with Gasteiger partial charge in [0, 0.05) is 15.3 Å². The number of carboxylic acid groups (broad SMARTS) is 1. The fourth-order valence-electron chi connectivity index (χ4n) is 3.85. The van der Waals surface area contributed by atoms with E-state index in [1.807, 2.05) is 27.7 Å². The lowest BCUT2D eigenvalue weighted by Crippen LogP contribution is -2.28. The van der Waals surface area contributed by atoms with Crippen molar-refractivity contribution >= 4 is 22.9 Å². The zero-order chi connectivity index (χ0) is 19.9. The van der Waals surface area contributed by atoms with Crippen LogP contribution in [0.5, 0.6) is 0 Å². The molecule has 1 N–H and O–H groups in total. The number of hydrogen-bond acceptors (Lipinski definition) is 3. The lowest BCUT2D eigenvalue weighted by molar-refractivity contribution is -0.160. The normalized spacial score (nSPS) is 20.0. The van der Waals surface area contributed by atoms with Crippen molar-refractivity contribution in [3.8, 4) is 0 Å². The summed E-state index contributed by atoms with van der Waals surface area (Å²) in [7, 11) is 0. The Kier molecular flexibility index (Phi) is 6.09. The molecule has 4 heteroatoms. The zero-order valence-corrected chi connectivity index (χ0v) is 18.3. The Balaban J connectivity index is 2.45. The molecular formula is C22H34O3S. The van der Waals surface area contributed by atoms with Gasteiger partial charge in [-0.05, 0) is 76.4 Å². The molecule has 0 amide bonds. The van der Waals surface area contributed by atoms with Gasteiger partial charge in [-0.1, -0.05) is 26.8 Å². The standard InChI is InChI=1S/C22H34O3S/c1-13-17(15-9-11-16(12-10-15)21(3,4)5)18(14(2)26-13)19(20(23)24)25-22(6,7)8/h9,16,19H,10-12H2,1-8H3,(H,23,24). The van der Waals surface area contributed by atoms with E-state index in [-0.39, 0.29) is 0 Å². The van der Waals surface area contributed by atoms with E-state index in [0.717, 1.165) is 35.3 Å². The Morgan fingerprint density at radius 1 is 1.19 bits per heavy atom. The Bertz CT molecular complexity index is 698. The summed E-state index contributed by atoms with van der Waals surface area (Å²) in [5.74, 6) is -0.234. The molecule has 1 aliphatic carbocycles. The molecule has 0 spiro atoms. The first-order valence-electron chi connectivity index (χ1n) is 9.51. The number of carboxylic acids is 1. The molecule has 0 saturated carbocycles. The van der Waals surface area contributed by atoms with Crippen LogP contribution in [0.2, 0.25) is 0 Å². The van der Waals surface area contributed by atoms with Crippen LogP contribution in [0.4, 0.5) is 0 Å². The summed E-state index contributed by atoms with van der Waals surface area (Å²) in [6, 6.07) is 0. The summed E-state index contributed by atoms with van der Waals surface area (Å²) in [5.41, 5.74) is 3.07. The van der Waals surface area contributed by atoms with Gasteiger partial charge in [-0.2, -0.15) is 0 Å². The summed E-state index contributed by atoms with van der Waals surface area (Å²) < 4.78 is 5.97. The van der Waals surface area contributed by atoms with E-state index in [1.54, 1.807) is 11.3 Å². The summed E-state index contributed by atoms with van der Waals surface area (Å²) in [5, 5.41) is 9.86. The fourth-order valence-corrected chi connectivity index (χ4v) is 4.97. The number of carbonyl (C=O) groups is 1. The van der Waals surface area contributed by atoms with Gasteiger partial charge in [0.2, 0.25) is 0 Å². The smallest absolute Gasteiger partial charge is 0.337 e. The lowest BCUT2D eigenvalue weighted by Gasteiger charge is -2.34. The Hall–Kier alpha value is -1.13. The van der Waals surface area contributed by atoms with Crippen molar-refractivity contribution < 1.29 is 14.6 Å². The molecule has 2 unspecified atom stereocenters. The first kappa shape index (κ1) is 21.2. The second-order valence-corrected chi connectivity index (χ2v) is 10.9. The largest absolute Gasteiger partial charge is 0.479 e. The summed E-state index contributed by atoms with van der Waals surface area (Å²) in [6.07, 6.45) is 4.64. The van der Waals surface area contributed by atoms with Gasteiger partial charge in [0.05, 0.1) is 5.60 Å². The third kappa shape index (κ3) is 4.77. The van der Waals surface area contributed by atoms with Crippen LogP contribution in [0.3, 0.4) is 0 Å². The number of hydrogen-bond donors (Lipinski definition) is 1. The minimum atomic E-state index is -0.920. The molecule has 3 nitrogen and oxygen atoms in total. The van der Waals surface area contributed by atoms with Crippen LogP contribution in [-0.4, -0.2) is 16.7 Å². The van der Waals surface area contributed by atoms with Crippen LogP contribution in [0.1, 0.15) is 87.8 Å². The second kappa shape index (κ2) is 7.47. The van der Waals surface area contributed by atoms with E-state index in [2.05, 4.69) is 33.8 Å². The van der Waals surface area contributed by atoms with Gasteiger partial charge in [0.1, 0.15) is 0 Å². The molecule has 0 bridgehead atoms. The highest BCUT2D eigenvalue weighted by atomic mass is 32.1. The van der Waals surface area contributed by atoms with Crippen molar-refractivity contribution in [2.75, 3.05) is 0 Å². The molecular weight excluding hydrogens is 344 g/mol. The average Bonchev–Trinajstić information content (AvgIpc) is 2.77. The van der Waals surface area contributed by atoms with E-state index in [9.17, 15) is 9.90 Å². The highest BCUT2D eigenvalue weighted by molar-refractivity contribution is 7.12. The average molecular weight is 379 g/mol. The Morgan fingerprint density at radius 3 is 2.23 bits per heavy atom. The van der Waals surface area contributed by atoms with E-state index in [4.69, 9.17) is 4.74 Å². The van der Waals surface area contributed by atoms with Crippen LogP contribution in [-0.2, 0) is 9.53 Å². The monoisotopic (exact) mass is 378 g/mol. The van der Waals surface area contributed by atoms with Crippen LogP contribution in [0, 0.1) is 25.2 Å². The molecule has 1 aromatic rings. The number of ether oxygens (including phenoxy) is 1. The third-order valence-corrected chi connectivity index (χ3v) is 6.26. The first-order valence-corrected chi connectivity index (χ1v) is 10.3. The van der Waals surface area contributed by atoms with Crippen LogP contribution >= 0.6 is 11.3 Å². The van der Waals surface area contributed by atoms with Crippen LogP contribution < -0.4 is 0 Å². The molecule has 1 aromatic heterocycles. The van der Waals surface area contributed by atoms with E-state index >= 15 is 0 Å². The van der Waals surface area contributed by atoms with Gasteiger partial charge in [-0.15, -0.1) is 11.3 Å². The van der Waals surface area contributed by atoms with E-state index < -0.39 is 17.7 Å². The highest BCUT2D eigenvalue weighted by Crippen LogP contribution is 2.45. The van der Waals surface area contributed by atoms with Crippen LogP contribution in [0.25, 0.3) is 5.57 Å². The van der Waals surface area contributed by atoms with Crippen LogP contribution in [0.15, 0.2) is 6.08 Å². The summed E-state index contributed by atoms with van der Waals surface area (Å²) in [6.45, 7) is 16.8. The van der Waals surface area contributed by atoms with Crippen molar-refractivity contribution in [2.24, 2.45) is 11.3 Å². The maximum absolute atomic E-state index is 12.0. The SMILES string of the molecule is Cc1sc(C)c(C(OC(C)(C)C)C(=O)O)c1C1=CCC(C(C)(C)C)CC1. The highest BCUT2D eigenvalue weighted by Gasteiger charge is 2.34. The minimum absolute atomic E-state index is 0.309. The summed E-state index contributed by atoms with van der Waals surface area (Å²) in [4.78, 5) is 14.3. The Labute approximate surface area is 162 Å². The molecule has 1 aliphatic rings. The number of allylic oxidation sites excluding steroid dienone is 2. The van der Waals surface area contributed by atoms with Crippen molar-refractivity contribution in [3.05, 3.63) is 27.0 Å². The predicted octanol–water partition coefficient (Wildman–Crippen LogP) is 6.54. The number of thiophene rings is 1. The molecule has 0 fully saturated rings. The maximum Gasteiger partial charge on any atom is 0.337 e. The van der Waals surface area contributed by atoms with Gasteiger partial charge >= 0.3 is 5.97 Å². The van der Waals surface area contributed by atoms with Gasteiger partial charge in [-0.3, -0.25) is 0 Å². The number of aliphatic carboxylic acids is 1. The molecule has 0 aromatic carbocycles. The Morgan fingerprint density at radius 2 is 1.81 bits per heavy atom. The van der Waals surface area contributed by atoms with E-state index in [1.165, 1.54) is 10.5 Å². The fraction of sp³-hybridized carbons (Fsp3) is 0.682. The van der Waals surface area contributed by atoms with Gasteiger partial charge in [0.15, 0.2) is 6.10 Å². The molecule has 2 atom stereocenters. The van der Waals surface area contributed by atoms with Crippen molar-refractivity contribution in [3.63, 3.8) is 0 Å². The van der Waals surface area contributed by atoms with E-state index in [0.29, 0.717) is 11.3 Å². The molecule has 0 saturated heterocycles. The third-order valence-electron chi connectivity index (χ3n) is 5.22. The maximum atomic E-state index is 12.0. The first-order chi connectivity index (χ1) is 11.8. The molecule has 2 rings (SSSR count). The molecule has 0 radical (unpaired) electrons. The van der Waals surface area contributed by atoms with Gasteiger partial charge < -0.3 is 9.84 Å². The number of rotatable bonds is 4. The minimum Gasteiger partial charge on any atom is -0.479 e. The van der Waals surface area contributed by atoms with Crippen molar-refractivity contribution in [1.82, 2.24) is 0 Å². The zero-order valence-electron chi connectivity index (χ0n) is 17.5. The number of aryl methyl sites for hydroxylation is 2. The van der Waals surface area contributed by atoms with Gasteiger partial charge in [0.25, 0.3) is 0 Å². The quantitative estimate of drug-likeness (QED) is 0.647. The second-order valence-electron chi connectivity index (χ2n) is 9.52. The van der Waals surface area contributed by atoms with Crippen molar-refractivity contribution in [1.29, 1.82) is 0 Å². The molecule has 0 aliphatic heterocycles. The molecule has 146 valence electrons. The van der Waals surface area contributed by atoms with Gasteiger partial charge in [-0.25, -0.2) is 4.79 Å². The molecule has 26 heavy (non-hydrogen) atoms.